The van der Waals surface area contributed by atoms with Gasteiger partial charge in [-0.15, -0.1) is 13.2 Å². The van der Waals surface area contributed by atoms with Crippen molar-refractivity contribution in [2.24, 2.45) is 17.8 Å². The molecule has 3 fully saturated rings. The van der Waals surface area contributed by atoms with Crippen molar-refractivity contribution in [3.8, 4) is 0 Å². The van der Waals surface area contributed by atoms with Crippen molar-refractivity contribution < 1.29 is 38.5 Å². The Kier molecular flexibility index (Phi) is 13.8. The van der Waals surface area contributed by atoms with Crippen molar-refractivity contribution >= 4 is 56.9 Å². The summed E-state index contributed by atoms with van der Waals surface area (Å²) in [5.74, 6) is -4.05. The van der Waals surface area contributed by atoms with Crippen LogP contribution in [0.15, 0.2) is 73.8 Å². The first-order valence-electron chi connectivity index (χ1n) is 18.4. The number of alkyl halides is 1. The third-order valence-corrected chi connectivity index (χ3v) is 11.8. The number of allylic oxidation sites excluding steroid dienone is 1. The number of likely N-dealkylation sites (tertiary alicyclic amines) is 1. The van der Waals surface area contributed by atoms with Crippen LogP contribution in [-0.2, 0) is 33.4 Å². The number of aryl methyl sites for hydroxylation is 1. The number of esters is 1. The second-order valence-electron chi connectivity index (χ2n) is 14.7. The Labute approximate surface area is 331 Å². The molecule has 1 unspecified atom stereocenters. The molecule has 0 aliphatic carbocycles. The Hall–Kier alpha value is -3.55. The van der Waals surface area contributed by atoms with Gasteiger partial charge in [-0.25, -0.2) is 0 Å². The standard InChI is InChI=1S/C41H51BrClN3O8/c1-7-9-18-31(48)44-30(23-52-6)35(26-15-11-10-12-16-26)53-40(51)32-33-38(49)46(27(22-47)20-24(3)4)37(41(33)21-28(42)36(32)54-41)39(50)45(19-8-2)34-25(5)14-13-17-29(34)43/h7-8,10-17,24,27-28,30,32-33,35-37,47H,1-2,9,18-23H2,3-6H3,(H,44,48)/t27-,28?,30-,32+,33-,35-,36+,37+,41-/m1/s1. The number of anilines is 1. The molecule has 292 valence electrons. The van der Waals surface area contributed by atoms with Gasteiger partial charge < -0.3 is 34.4 Å². The number of fused-ring (bicyclic) bond motifs is 1. The molecular weight excluding hydrogens is 778 g/mol. The highest BCUT2D eigenvalue weighted by atomic mass is 79.9. The maximum absolute atomic E-state index is 15.2. The second kappa shape index (κ2) is 17.9. The molecule has 2 bridgehead atoms. The van der Waals surface area contributed by atoms with Gasteiger partial charge in [-0.05, 0) is 49.3 Å². The minimum Gasteiger partial charge on any atom is -0.455 e. The van der Waals surface area contributed by atoms with Gasteiger partial charge in [0.05, 0.1) is 53.9 Å². The van der Waals surface area contributed by atoms with Gasteiger partial charge >= 0.3 is 5.97 Å². The number of methoxy groups -OCH3 is 1. The average Bonchev–Trinajstić information content (AvgIpc) is 3.74. The molecule has 9 atom stereocenters. The van der Waals surface area contributed by atoms with Crippen LogP contribution in [0.1, 0.15) is 56.8 Å². The van der Waals surface area contributed by atoms with E-state index >= 15 is 4.79 Å². The highest BCUT2D eigenvalue weighted by Gasteiger charge is 2.77. The van der Waals surface area contributed by atoms with Crippen molar-refractivity contribution in [2.75, 3.05) is 31.8 Å². The SMILES string of the molecule is C=CCCC(=O)N[C@H](COC)[C@H](OC(=O)[C@@H]1[C@H]2O[C@@]3(CC2Br)[C@H](C(=O)N(CC=C)c2c(C)cccc2Cl)N([C@@H](CO)CC(C)C)C(=O)[C@@H]13)c1ccccc1. The fraction of sp³-hybridized carbons (Fsp3) is 0.512. The number of ether oxygens (including phenoxy) is 3. The number of carbonyl (C=O) groups excluding carboxylic acids is 4. The van der Waals surface area contributed by atoms with E-state index < -0.39 is 77.0 Å². The lowest BCUT2D eigenvalue weighted by atomic mass is 9.70. The largest absolute Gasteiger partial charge is 0.455 e. The van der Waals surface area contributed by atoms with Crippen LogP contribution in [0.2, 0.25) is 5.02 Å². The van der Waals surface area contributed by atoms with Crippen molar-refractivity contribution in [3.05, 3.63) is 90.0 Å². The zero-order valence-corrected chi connectivity index (χ0v) is 33.6. The Morgan fingerprint density at radius 1 is 1.17 bits per heavy atom. The number of halogens is 2. The fourth-order valence-corrected chi connectivity index (χ4v) is 9.75. The van der Waals surface area contributed by atoms with E-state index in [2.05, 4.69) is 34.4 Å². The van der Waals surface area contributed by atoms with Gasteiger partial charge in [-0.3, -0.25) is 19.2 Å². The van der Waals surface area contributed by atoms with Crippen molar-refractivity contribution in [3.63, 3.8) is 0 Å². The molecule has 0 aromatic heterocycles. The van der Waals surface area contributed by atoms with Crippen molar-refractivity contribution in [2.45, 2.75) is 87.2 Å². The van der Waals surface area contributed by atoms with Gasteiger partial charge in [0, 0.05) is 24.9 Å². The third kappa shape index (κ3) is 8.04. The number of nitrogens with one attached hydrogen (secondary N) is 1. The molecule has 2 aromatic rings. The monoisotopic (exact) mass is 827 g/mol. The van der Waals surface area contributed by atoms with Crippen LogP contribution >= 0.6 is 27.5 Å². The topological polar surface area (TPSA) is 135 Å². The highest BCUT2D eigenvalue weighted by molar-refractivity contribution is 9.09. The second-order valence-corrected chi connectivity index (χ2v) is 16.3. The van der Waals surface area contributed by atoms with E-state index in [0.717, 1.165) is 5.56 Å². The van der Waals surface area contributed by atoms with E-state index in [-0.39, 0.29) is 37.8 Å². The smallest absolute Gasteiger partial charge is 0.313 e. The summed E-state index contributed by atoms with van der Waals surface area (Å²) >= 11 is 10.5. The molecular formula is C41H51BrClN3O8. The number of aliphatic hydroxyl groups is 1. The predicted molar refractivity (Wildman–Crippen MR) is 210 cm³/mol. The van der Waals surface area contributed by atoms with Crippen molar-refractivity contribution in [1.29, 1.82) is 0 Å². The Morgan fingerprint density at radius 2 is 1.89 bits per heavy atom. The first kappa shape index (κ1) is 41.6. The quantitative estimate of drug-likeness (QED) is 0.111. The van der Waals surface area contributed by atoms with Gasteiger partial charge in [0.1, 0.15) is 17.7 Å². The lowest BCUT2D eigenvalue weighted by Crippen LogP contribution is -2.59. The summed E-state index contributed by atoms with van der Waals surface area (Å²) in [5, 5.41) is 14.1. The number of benzene rings is 2. The van der Waals surface area contributed by atoms with E-state index in [1.165, 1.54) is 16.9 Å². The number of hydrogen-bond donors (Lipinski definition) is 2. The number of aliphatic hydroxyl groups excluding tert-OH is 1. The molecule has 3 amide bonds. The van der Waals surface area contributed by atoms with Crippen LogP contribution in [0, 0.1) is 24.7 Å². The predicted octanol–water partition coefficient (Wildman–Crippen LogP) is 5.70. The van der Waals surface area contributed by atoms with E-state index in [1.54, 1.807) is 48.6 Å². The molecule has 3 saturated heterocycles. The molecule has 2 N–H and O–H groups in total. The summed E-state index contributed by atoms with van der Waals surface area (Å²) in [5.41, 5.74) is 0.396. The van der Waals surface area contributed by atoms with Crippen LogP contribution < -0.4 is 10.2 Å². The zero-order chi connectivity index (χ0) is 39.3. The fourth-order valence-electron chi connectivity index (χ4n) is 8.49. The average molecular weight is 829 g/mol. The first-order chi connectivity index (χ1) is 25.8. The lowest BCUT2D eigenvalue weighted by Gasteiger charge is -2.40. The summed E-state index contributed by atoms with van der Waals surface area (Å²) in [4.78, 5) is 60.4. The van der Waals surface area contributed by atoms with Gasteiger partial charge in [-0.1, -0.05) is 96.0 Å². The van der Waals surface area contributed by atoms with E-state index in [0.29, 0.717) is 29.1 Å². The highest BCUT2D eigenvalue weighted by Crippen LogP contribution is 2.61. The Morgan fingerprint density at radius 3 is 2.50 bits per heavy atom. The Balaban J connectivity index is 1.59. The molecule has 0 radical (unpaired) electrons. The minimum absolute atomic E-state index is 0.0307. The number of para-hydroxylation sites is 1. The summed E-state index contributed by atoms with van der Waals surface area (Å²) in [6, 6.07) is 11.6. The maximum atomic E-state index is 15.2. The summed E-state index contributed by atoms with van der Waals surface area (Å²) in [6.07, 6.45) is 2.74. The molecule has 3 heterocycles. The van der Waals surface area contributed by atoms with Crippen LogP contribution in [0.3, 0.4) is 0 Å². The first-order valence-corrected chi connectivity index (χ1v) is 19.7. The summed E-state index contributed by atoms with van der Waals surface area (Å²) in [7, 11) is 1.49. The molecule has 3 aliphatic heterocycles. The van der Waals surface area contributed by atoms with Crippen LogP contribution in [-0.4, -0.2) is 95.2 Å². The molecule has 11 nitrogen and oxygen atoms in total. The number of hydrogen-bond acceptors (Lipinski definition) is 8. The lowest BCUT2D eigenvalue weighted by molar-refractivity contribution is -0.163. The molecule has 5 rings (SSSR count). The third-order valence-electron chi connectivity index (χ3n) is 10.6. The van der Waals surface area contributed by atoms with Gasteiger partial charge in [0.15, 0.2) is 0 Å². The molecule has 0 saturated carbocycles. The molecule has 1 spiro atoms. The van der Waals surface area contributed by atoms with Crippen molar-refractivity contribution in [1.82, 2.24) is 10.2 Å². The zero-order valence-electron chi connectivity index (χ0n) is 31.3. The van der Waals surface area contributed by atoms with Gasteiger partial charge in [-0.2, -0.15) is 0 Å². The maximum Gasteiger partial charge on any atom is 0.313 e. The number of amides is 3. The normalized spacial score (nSPS) is 25.9. The van der Waals surface area contributed by atoms with Gasteiger partial charge in [0.2, 0.25) is 11.8 Å². The Bertz CT molecular complexity index is 1690. The number of carbonyl (C=O) groups is 4. The van der Waals surface area contributed by atoms with E-state index in [1.807, 2.05) is 32.9 Å². The van der Waals surface area contributed by atoms with E-state index in [4.69, 9.17) is 25.8 Å². The minimum atomic E-state index is -1.44. The molecule has 3 aliphatic rings. The number of rotatable bonds is 18. The van der Waals surface area contributed by atoms with Crippen LogP contribution in [0.4, 0.5) is 5.69 Å². The van der Waals surface area contributed by atoms with Gasteiger partial charge in [0.25, 0.3) is 5.91 Å². The molecule has 2 aromatic carbocycles. The molecule has 13 heteroatoms. The van der Waals surface area contributed by atoms with E-state index in [9.17, 15) is 19.5 Å². The summed E-state index contributed by atoms with van der Waals surface area (Å²) in [6.45, 7) is 13.1. The summed E-state index contributed by atoms with van der Waals surface area (Å²) < 4.78 is 18.6. The number of nitrogens with zero attached hydrogens (tertiary/aromatic N) is 2. The van der Waals surface area contributed by atoms with Crippen LogP contribution in [0.5, 0.6) is 0 Å². The molecule has 54 heavy (non-hydrogen) atoms. The van der Waals surface area contributed by atoms with Crippen LogP contribution in [0.25, 0.3) is 0 Å².